The first-order valence-corrected chi connectivity index (χ1v) is 1.95. The second kappa shape index (κ2) is 24.2. The molecule has 0 aromatic rings. The first kappa shape index (κ1) is 35.4. The molecule has 4 N–H and O–H groups in total. The zero-order chi connectivity index (χ0) is 3.58. The predicted molar refractivity (Wildman–Crippen MR) is 14.5 cm³/mol. The van der Waals surface area contributed by atoms with Crippen LogP contribution in [-0.4, -0.2) is 24.2 Å². The normalized spacial score (nSPS) is 3.00. The molecule has 0 amide bonds. The first-order chi connectivity index (χ1) is 1.73. The van der Waals surface area contributed by atoms with E-state index in [1.807, 2.05) is 0 Å². The topological polar surface area (TPSA) is 89.0 Å². The SMILES string of the molecule is O.O=[Si](O)O.[Cu].[Cu].[Fe]. The van der Waals surface area contributed by atoms with Gasteiger partial charge in [-0.25, -0.2) is 0 Å². The van der Waals surface area contributed by atoms with E-state index in [9.17, 15) is 0 Å². The van der Waals surface area contributed by atoms with Gasteiger partial charge < -0.3 is 15.1 Å². The van der Waals surface area contributed by atoms with Crippen molar-refractivity contribution in [2.45, 2.75) is 0 Å². The summed E-state index contributed by atoms with van der Waals surface area (Å²) in [6.45, 7) is 0. The minimum Gasteiger partial charge on any atom is -0.511 e. The van der Waals surface area contributed by atoms with Crippen molar-refractivity contribution in [1.29, 1.82) is 0 Å². The van der Waals surface area contributed by atoms with Crippen molar-refractivity contribution in [1.82, 2.24) is 0 Å². The standard InChI is InChI=1S/2Cu.Fe.H2O3Si.H2O/c;;;1-4(2)3;/h;;;1-2H;1H2. The summed E-state index contributed by atoms with van der Waals surface area (Å²) in [5, 5.41) is 0. The molecule has 0 aromatic heterocycles. The minimum atomic E-state index is -3.13. The van der Waals surface area contributed by atoms with E-state index in [2.05, 4.69) is 0 Å². The number of hydrogen-bond donors (Lipinski definition) is 2. The molecule has 0 rings (SSSR count). The Kier molecular flexibility index (Phi) is 107. The van der Waals surface area contributed by atoms with E-state index in [0.717, 1.165) is 0 Å². The van der Waals surface area contributed by atoms with E-state index >= 15 is 0 Å². The molecule has 0 saturated carbocycles. The van der Waals surface area contributed by atoms with Crippen LogP contribution in [0.3, 0.4) is 0 Å². The van der Waals surface area contributed by atoms with Gasteiger partial charge in [0.15, 0.2) is 0 Å². The van der Waals surface area contributed by atoms with E-state index in [-0.39, 0.29) is 56.7 Å². The smallest absolute Gasteiger partial charge is 0.511 e. The Morgan fingerprint density at radius 1 is 1.12 bits per heavy atom. The molecule has 0 unspecified atom stereocenters. The van der Waals surface area contributed by atoms with Gasteiger partial charge in [0.05, 0.1) is 0 Å². The maximum absolute atomic E-state index is 8.74. The van der Waals surface area contributed by atoms with E-state index in [4.69, 9.17) is 14.1 Å². The molecule has 8 heteroatoms. The third-order valence-corrected chi connectivity index (χ3v) is 0. The van der Waals surface area contributed by atoms with E-state index in [0.29, 0.717) is 0 Å². The third-order valence-electron chi connectivity index (χ3n) is 0. The molecule has 0 atom stereocenters. The number of rotatable bonds is 0. The van der Waals surface area contributed by atoms with Crippen LogP contribution in [-0.2, 0) is 55.7 Å². The zero-order valence-corrected chi connectivity index (χ0v) is 7.25. The Morgan fingerprint density at radius 2 is 1.12 bits per heavy atom. The van der Waals surface area contributed by atoms with Crippen molar-refractivity contribution in [3.05, 3.63) is 0 Å². The van der Waals surface area contributed by atoms with Crippen molar-refractivity contribution >= 4 is 9.17 Å². The summed E-state index contributed by atoms with van der Waals surface area (Å²) in [6.07, 6.45) is 0. The average Bonchev–Trinajstić information content (AvgIpc) is 0.811. The molecular weight excluding hydrogens is 275 g/mol. The summed E-state index contributed by atoms with van der Waals surface area (Å²) in [7, 11) is -3.13. The molecule has 0 aromatic carbocycles. The fraction of sp³-hybridized carbons (Fsp3) is 0. The van der Waals surface area contributed by atoms with Crippen molar-refractivity contribution in [2.24, 2.45) is 0 Å². The monoisotopic (exact) mass is 278 g/mol. The van der Waals surface area contributed by atoms with E-state index < -0.39 is 9.17 Å². The van der Waals surface area contributed by atoms with Gasteiger partial charge in [-0.3, -0.25) is 4.46 Å². The summed E-state index contributed by atoms with van der Waals surface area (Å²) in [6, 6.07) is 0. The van der Waals surface area contributed by atoms with Crippen LogP contribution < -0.4 is 0 Å². The maximum Gasteiger partial charge on any atom is 0.761 e. The molecule has 0 heterocycles. The van der Waals surface area contributed by atoms with Crippen LogP contribution in [0.2, 0.25) is 0 Å². The summed E-state index contributed by atoms with van der Waals surface area (Å²) < 4.78 is 8.74. The number of hydrogen-bond acceptors (Lipinski definition) is 1. The van der Waals surface area contributed by atoms with Crippen molar-refractivity contribution in [3.63, 3.8) is 0 Å². The van der Waals surface area contributed by atoms with Gasteiger partial charge in [-0.1, -0.05) is 0 Å². The van der Waals surface area contributed by atoms with E-state index in [1.54, 1.807) is 0 Å². The van der Waals surface area contributed by atoms with Crippen LogP contribution in [0.5, 0.6) is 0 Å². The summed E-state index contributed by atoms with van der Waals surface area (Å²) in [5.41, 5.74) is 0. The molecule has 62 valence electrons. The largest absolute Gasteiger partial charge is 0.761 e. The molecule has 0 aliphatic carbocycles. The van der Waals surface area contributed by atoms with Crippen LogP contribution in [0.25, 0.3) is 0 Å². The van der Waals surface area contributed by atoms with Crippen LogP contribution in [0.1, 0.15) is 0 Å². The van der Waals surface area contributed by atoms with Gasteiger partial charge in [0, 0.05) is 51.2 Å². The summed E-state index contributed by atoms with van der Waals surface area (Å²) in [4.78, 5) is 14.3. The maximum atomic E-state index is 8.74. The van der Waals surface area contributed by atoms with Gasteiger partial charge in [-0.15, -0.1) is 0 Å². The molecule has 4 nitrogen and oxygen atoms in total. The molecule has 0 spiro atoms. The molecule has 2 radical (unpaired) electrons. The van der Waals surface area contributed by atoms with Crippen LogP contribution in [0.15, 0.2) is 0 Å². The Bertz CT molecular complexity index is 37.0. The van der Waals surface area contributed by atoms with E-state index in [1.165, 1.54) is 0 Å². The van der Waals surface area contributed by atoms with Crippen molar-refractivity contribution in [3.8, 4) is 0 Å². The predicted octanol–water partition coefficient (Wildman–Crippen LogP) is -2.45. The fourth-order valence-electron chi connectivity index (χ4n) is 0. The van der Waals surface area contributed by atoms with Crippen LogP contribution in [0.4, 0.5) is 0 Å². The Morgan fingerprint density at radius 3 is 1.12 bits per heavy atom. The summed E-state index contributed by atoms with van der Waals surface area (Å²) in [5.74, 6) is 0. The molecule has 0 fully saturated rings. The van der Waals surface area contributed by atoms with Crippen LogP contribution in [0, 0.1) is 0 Å². The van der Waals surface area contributed by atoms with Gasteiger partial charge in [0.2, 0.25) is 0 Å². The van der Waals surface area contributed by atoms with Gasteiger partial charge in [0.1, 0.15) is 0 Å². The average molecular weight is 279 g/mol. The fourth-order valence-corrected chi connectivity index (χ4v) is 0. The minimum absolute atomic E-state index is 0. The van der Waals surface area contributed by atoms with Gasteiger partial charge >= 0.3 is 9.17 Å². The van der Waals surface area contributed by atoms with Crippen molar-refractivity contribution in [2.75, 3.05) is 0 Å². The molecule has 0 aliphatic rings. The quantitative estimate of drug-likeness (QED) is 0.483. The second-order valence-electron chi connectivity index (χ2n) is 0.283. The molecule has 0 saturated heterocycles. The first-order valence-electron chi connectivity index (χ1n) is 0.651. The van der Waals surface area contributed by atoms with Gasteiger partial charge in [0.25, 0.3) is 0 Å². The molecule has 0 bridgehead atoms. The zero-order valence-electron chi connectivity index (χ0n) is 3.26. The molecule has 8 heavy (non-hydrogen) atoms. The van der Waals surface area contributed by atoms with Gasteiger partial charge in [-0.2, -0.15) is 0 Å². The van der Waals surface area contributed by atoms with Gasteiger partial charge in [-0.05, 0) is 0 Å². The van der Waals surface area contributed by atoms with Crippen molar-refractivity contribution < 1.29 is 70.7 Å². The Hall–Kier alpha value is 1.14. The van der Waals surface area contributed by atoms with Crippen LogP contribution >= 0.6 is 0 Å². The Labute approximate surface area is 79.7 Å². The summed E-state index contributed by atoms with van der Waals surface area (Å²) >= 11 is 0. The molecular formula is H4Cu2FeO4Si. The second-order valence-corrected chi connectivity index (χ2v) is 0.848. The third kappa shape index (κ3) is 208. The Balaban J connectivity index is -0.00000000750. The molecule has 0 aliphatic heterocycles.